The first-order valence-corrected chi connectivity index (χ1v) is 10.8. The summed E-state index contributed by atoms with van der Waals surface area (Å²) >= 11 is 6.08. The molecule has 1 heterocycles. The third-order valence-electron chi connectivity index (χ3n) is 6.00. The van der Waals surface area contributed by atoms with Gasteiger partial charge in [-0.15, -0.1) is 0 Å². The smallest absolute Gasteiger partial charge is 0.162 e. The minimum atomic E-state index is -0.597. The molecule has 0 unspecified atom stereocenters. The van der Waals surface area contributed by atoms with Crippen LogP contribution in [-0.2, 0) is 13.0 Å². The third kappa shape index (κ3) is 5.10. The van der Waals surface area contributed by atoms with Gasteiger partial charge in [0.05, 0.1) is 11.7 Å². The zero-order chi connectivity index (χ0) is 21.8. The van der Waals surface area contributed by atoms with Crippen molar-refractivity contribution in [3.8, 4) is 11.4 Å². The Hall–Kier alpha value is -2.38. The molecule has 1 saturated carbocycles. The summed E-state index contributed by atoms with van der Waals surface area (Å²) in [5.74, 6) is -0.324. The molecule has 0 radical (unpaired) electrons. The van der Waals surface area contributed by atoms with Crippen LogP contribution >= 0.6 is 11.6 Å². The number of rotatable bonds is 7. The molecule has 0 aliphatic heterocycles. The molecule has 4 atom stereocenters. The number of nitrogens with zero attached hydrogens (tertiary/aromatic N) is 2. The molecule has 3 N–H and O–H groups in total. The lowest BCUT2D eigenvalue weighted by Crippen LogP contribution is -2.36. The molecule has 3 aromatic rings. The molecule has 4 rings (SSSR count). The molecule has 0 saturated heterocycles. The van der Waals surface area contributed by atoms with Crippen LogP contribution < -0.4 is 5.32 Å². The van der Waals surface area contributed by atoms with Crippen molar-refractivity contribution >= 4 is 11.6 Å². The number of halogens is 2. The molecule has 1 aliphatic rings. The number of hydrogen-bond acceptors (Lipinski definition) is 5. The standard InChI is InChI=1S/C24H25ClFN3O2/c25-16-5-3-4-15(10-16)13-28-22-12-23(31)20(14-30)19(22)11-17-8-9-27-24(29-17)18-6-1-2-7-21(18)26/h1-10,19-20,22-23,28,30-31H,11-14H2/t19-,20-,22-,23-/m1/s1. The van der Waals surface area contributed by atoms with E-state index in [4.69, 9.17) is 11.6 Å². The molecule has 1 aliphatic carbocycles. The maximum absolute atomic E-state index is 14.2. The normalized spacial score (nSPS) is 23.2. The van der Waals surface area contributed by atoms with Crippen LogP contribution in [-0.4, -0.2) is 38.9 Å². The molecule has 0 bridgehead atoms. The quantitative estimate of drug-likeness (QED) is 0.522. The summed E-state index contributed by atoms with van der Waals surface area (Å²) < 4.78 is 14.2. The van der Waals surface area contributed by atoms with Crippen molar-refractivity contribution in [2.45, 2.75) is 31.5 Å². The van der Waals surface area contributed by atoms with Crippen molar-refractivity contribution in [3.63, 3.8) is 0 Å². The minimum absolute atomic E-state index is 0.00184. The number of aromatic nitrogens is 2. The fourth-order valence-electron chi connectivity index (χ4n) is 4.40. The second-order valence-electron chi connectivity index (χ2n) is 7.99. The average molecular weight is 442 g/mol. The Labute approximate surface area is 186 Å². The molecular formula is C24H25ClFN3O2. The Bertz CT molecular complexity index is 1030. The van der Waals surface area contributed by atoms with Crippen molar-refractivity contribution in [1.29, 1.82) is 0 Å². The molecule has 0 spiro atoms. The van der Waals surface area contributed by atoms with Gasteiger partial charge in [-0.3, -0.25) is 0 Å². The summed E-state index contributed by atoms with van der Waals surface area (Å²) in [5, 5.41) is 24.6. The van der Waals surface area contributed by atoms with E-state index in [0.29, 0.717) is 35.8 Å². The lowest BCUT2D eigenvalue weighted by Gasteiger charge is -2.25. The van der Waals surface area contributed by atoms with E-state index in [-0.39, 0.29) is 30.3 Å². The summed E-state index contributed by atoms with van der Waals surface area (Å²) in [4.78, 5) is 8.79. The van der Waals surface area contributed by atoms with Gasteiger partial charge in [0.2, 0.25) is 0 Å². The van der Waals surface area contributed by atoms with E-state index in [1.165, 1.54) is 6.07 Å². The van der Waals surface area contributed by atoms with Gasteiger partial charge < -0.3 is 15.5 Å². The largest absolute Gasteiger partial charge is 0.396 e. The first-order chi connectivity index (χ1) is 15.0. The molecule has 0 amide bonds. The maximum atomic E-state index is 14.2. The highest BCUT2D eigenvalue weighted by Crippen LogP contribution is 2.35. The van der Waals surface area contributed by atoms with Crippen LogP contribution in [0.15, 0.2) is 60.8 Å². The van der Waals surface area contributed by atoms with Crippen molar-refractivity contribution < 1.29 is 14.6 Å². The topological polar surface area (TPSA) is 78.3 Å². The number of benzene rings is 2. The molecule has 7 heteroatoms. The van der Waals surface area contributed by atoms with Crippen molar-refractivity contribution in [3.05, 3.63) is 82.9 Å². The second kappa shape index (κ2) is 9.83. The zero-order valence-electron chi connectivity index (χ0n) is 17.0. The van der Waals surface area contributed by atoms with E-state index >= 15 is 0 Å². The molecule has 1 fully saturated rings. The Morgan fingerprint density at radius 2 is 1.94 bits per heavy atom. The Kier molecular flexibility index (Phi) is 6.92. The summed E-state index contributed by atoms with van der Waals surface area (Å²) in [5.41, 5.74) is 2.16. The van der Waals surface area contributed by atoms with Crippen LogP contribution in [0, 0.1) is 17.7 Å². The van der Waals surface area contributed by atoms with Crippen LogP contribution in [0.3, 0.4) is 0 Å². The number of aliphatic hydroxyl groups is 2. The van der Waals surface area contributed by atoms with E-state index in [1.807, 2.05) is 24.3 Å². The van der Waals surface area contributed by atoms with Crippen LogP contribution in [0.5, 0.6) is 0 Å². The second-order valence-corrected chi connectivity index (χ2v) is 8.42. The van der Waals surface area contributed by atoms with Gasteiger partial charge in [-0.2, -0.15) is 0 Å². The number of nitrogens with one attached hydrogen (secondary N) is 1. The van der Waals surface area contributed by atoms with Crippen LogP contribution in [0.4, 0.5) is 4.39 Å². The van der Waals surface area contributed by atoms with Gasteiger partial charge in [-0.05, 0) is 54.7 Å². The monoisotopic (exact) mass is 441 g/mol. The predicted molar refractivity (Wildman–Crippen MR) is 118 cm³/mol. The summed E-state index contributed by atoms with van der Waals surface area (Å²) in [6.45, 7) is 0.503. The maximum Gasteiger partial charge on any atom is 0.162 e. The number of aliphatic hydroxyl groups excluding tert-OH is 2. The van der Waals surface area contributed by atoms with E-state index in [0.717, 1.165) is 11.3 Å². The summed E-state index contributed by atoms with van der Waals surface area (Å²) in [6, 6.07) is 15.9. The molecule has 1 aromatic heterocycles. The van der Waals surface area contributed by atoms with Gasteiger partial charge in [0.15, 0.2) is 5.82 Å². The van der Waals surface area contributed by atoms with E-state index in [2.05, 4.69) is 15.3 Å². The predicted octanol–water partition coefficient (Wildman–Crippen LogP) is 3.63. The lowest BCUT2D eigenvalue weighted by molar-refractivity contribution is 0.0716. The summed E-state index contributed by atoms with van der Waals surface area (Å²) in [6.07, 6.45) is 2.11. The number of hydrogen-bond donors (Lipinski definition) is 3. The molecule has 31 heavy (non-hydrogen) atoms. The molecule has 162 valence electrons. The van der Waals surface area contributed by atoms with Gasteiger partial charge in [0.25, 0.3) is 0 Å². The highest BCUT2D eigenvalue weighted by molar-refractivity contribution is 6.30. The fourth-order valence-corrected chi connectivity index (χ4v) is 4.61. The lowest BCUT2D eigenvalue weighted by atomic mass is 9.88. The van der Waals surface area contributed by atoms with E-state index in [9.17, 15) is 14.6 Å². The van der Waals surface area contributed by atoms with Crippen molar-refractivity contribution in [1.82, 2.24) is 15.3 Å². The fraction of sp³-hybridized carbons (Fsp3) is 0.333. The highest BCUT2D eigenvalue weighted by Gasteiger charge is 2.42. The summed E-state index contributed by atoms with van der Waals surface area (Å²) in [7, 11) is 0. The van der Waals surface area contributed by atoms with Crippen LogP contribution in [0.1, 0.15) is 17.7 Å². The van der Waals surface area contributed by atoms with Crippen molar-refractivity contribution in [2.75, 3.05) is 6.61 Å². The average Bonchev–Trinajstić information content (AvgIpc) is 3.07. The van der Waals surface area contributed by atoms with Gasteiger partial charge in [0.1, 0.15) is 5.82 Å². The molecule has 5 nitrogen and oxygen atoms in total. The van der Waals surface area contributed by atoms with Crippen LogP contribution in [0.25, 0.3) is 11.4 Å². The van der Waals surface area contributed by atoms with Gasteiger partial charge in [-0.1, -0.05) is 35.9 Å². The van der Waals surface area contributed by atoms with E-state index in [1.54, 1.807) is 30.5 Å². The third-order valence-corrected chi connectivity index (χ3v) is 6.23. The van der Waals surface area contributed by atoms with Gasteiger partial charge in [-0.25, -0.2) is 14.4 Å². The molecular weight excluding hydrogens is 417 g/mol. The first-order valence-electron chi connectivity index (χ1n) is 10.4. The van der Waals surface area contributed by atoms with Gasteiger partial charge >= 0.3 is 0 Å². The minimum Gasteiger partial charge on any atom is -0.396 e. The Morgan fingerprint density at radius 3 is 2.71 bits per heavy atom. The van der Waals surface area contributed by atoms with Gasteiger partial charge in [0, 0.05) is 42.0 Å². The highest BCUT2D eigenvalue weighted by atomic mass is 35.5. The van der Waals surface area contributed by atoms with Crippen molar-refractivity contribution in [2.24, 2.45) is 11.8 Å². The Morgan fingerprint density at radius 1 is 1.10 bits per heavy atom. The van der Waals surface area contributed by atoms with E-state index < -0.39 is 6.10 Å². The zero-order valence-corrected chi connectivity index (χ0v) is 17.7. The first kappa shape index (κ1) is 21.8. The SMILES string of the molecule is OC[C@@H]1[C@@H](Cc2ccnc(-c3ccccc3F)n2)[C@H](NCc2cccc(Cl)c2)C[C@H]1O. The Balaban J connectivity index is 1.53. The molecule has 2 aromatic carbocycles. The van der Waals surface area contributed by atoms with Crippen LogP contribution in [0.2, 0.25) is 5.02 Å².